The van der Waals surface area contributed by atoms with Crippen LogP contribution >= 0.6 is 11.3 Å². The van der Waals surface area contributed by atoms with Crippen molar-refractivity contribution in [3.05, 3.63) is 75.7 Å². The second-order valence-electron chi connectivity index (χ2n) is 5.03. The third-order valence-electron chi connectivity index (χ3n) is 3.76. The first-order valence-corrected chi connectivity index (χ1v) is 10.2. The van der Waals surface area contributed by atoms with Gasteiger partial charge in [0, 0.05) is 0 Å². The fourth-order valence-corrected chi connectivity index (χ4v) is 6.73. The normalized spacial score (nSPS) is 11.3. The van der Waals surface area contributed by atoms with E-state index in [0.29, 0.717) is 5.88 Å². The molecule has 22 heavy (non-hydrogen) atoms. The van der Waals surface area contributed by atoms with Gasteiger partial charge in [-0.2, -0.15) is 0 Å². The van der Waals surface area contributed by atoms with E-state index in [2.05, 4.69) is 36.2 Å². The summed E-state index contributed by atoms with van der Waals surface area (Å²) in [5.41, 5.74) is 0. The lowest BCUT2D eigenvalue weighted by Gasteiger charge is -2.31. The molecular weight excluding hydrogens is 310 g/mol. The zero-order chi connectivity index (χ0) is 15.4. The van der Waals surface area contributed by atoms with E-state index in [0.717, 1.165) is 17.4 Å². The van der Waals surface area contributed by atoms with Crippen LogP contribution in [-0.4, -0.2) is 13.3 Å². The average molecular weight is 327 g/mol. The van der Waals surface area contributed by atoms with Crippen molar-refractivity contribution in [2.45, 2.75) is 13.0 Å². The molecule has 0 bridgehead atoms. The van der Waals surface area contributed by atoms with Gasteiger partial charge in [0.05, 0.1) is 5.38 Å². The predicted octanol–water partition coefficient (Wildman–Crippen LogP) is 2.60. The fourth-order valence-electron chi connectivity index (χ4n) is 2.68. The molecule has 0 radical (unpaired) electrons. The maximum atomic E-state index is 11.4. The second kappa shape index (κ2) is 6.33. The Morgan fingerprint density at radius 2 is 1.55 bits per heavy atom. The molecule has 1 N–H and O–H groups in total. The standard InChI is InChI=1S/C17H17NO2SSi/c1-2-22(14-9-5-3-6-10-14,15-11-7-4-8-12-15)20-16-13-21-17(19)18-16/h3-13H,2H2,1H3,(H,18,19). The molecule has 3 nitrogen and oxygen atoms in total. The SMILES string of the molecule is CC[Si](Oc1csc(=O)[nH]1)(c1ccccc1)c1ccccc1. The highest BCUT2D eigenvalue weighted by molar-refractivity contribution is 7.07. The number of hydrogen-bond donors (Lipinski definition) is 1. The van der Waals surface area contributed by atoms with E-state index in [-0.39, 0.29) is 4.87 Å². The Kier molecular flexibility index (Phi) is 4.26. The molecule has 0 spiro atoms. The molecule has 3 rings (SSSR count). The zero-order valence-electron chi connectivity index (χ0n) is 12.3. The number of rotatable bonds is 5. The van der Waals surface area contributed by atoms with Crippen LogP contribution in [0.15, 0.2) is 70.8 Å². The first-order valence-electron chi connectivity index (χ1n) is 7.22. The summed E-state index contributed by atoms with van der Waals surface area (Å²) < 4.78 is 6.44. The summed E-state index contributed by atoms with van der Waals surface area (Å²) in [6.07, 6.45) is 0. The second-order valence-corrected chi connectivity index (χ2v) is 9.59. The van der Waals surface area contributed by atoms with Crippen LogP contribution in [0.3, 0.4) is 0 Å². The highest BCUT2D eigenvalue weighted by Gasteiger charge is 2.40. The molecular formula is C17H17NO2SSi. The van der Waals surface area contributed by atoms with Crippen molar-refractivity contribution in [2.24, 2.45) is 0 Å². The first-order chi connectivity index (χ1) is 10.7. The maximum Gasteiger partial charge on any atom is 0.316 e. The summed E-state index contributed by atoms with van der Waals surface area (Å²) in [6, 6.07) is 21.5. The molecule has 0 aliphatic heterocycles. The molecule has 0 atom stereocenters. The average Bonchev–Trinajstić information content (AvgIpc) is 2.99. The molecule has 0 amide bonds. The Morgan fingerprint density at radius 3 is 1.95 bits per heavy atom. The van der Waals surface area contributed by atoms with Crippen molar-refractivity contribution in [3.8, 4) is 5.88 Å². The van der Waals surface area contributed by atoms with Crippen LogP contribution in [-0.2, 0) is 0 Å². The van der Waals surface area contributed by atoms with Crippen molar-refractivity contribution >= 4 is 30.0 Å². The summed E-state index contributed by atoms with van der Waals surface area (Å²) >= 11 is 1.13. The van der Waals surface area contributed by atoms with Crippen LogP contribution in [0.5, 0.6) is 5.88 Å². The van der Waals surface area contributed by atoms with Crippen LogP contribution in [0.4, 0.5) is 0 Å². The van der Waals surface area contributed by atoms with Gasteiger partial charge < -0.3 is 4.43 Å². The smallest absolute Gasteiger partial charge is 0.316 e. The van der Waals surface area contributed by atoms with Crippen molar-refractivity contribution in [3.63, 3.8) is 0 Å². The van der Waals surface area contributed by atoms with Crippen LogP contribution in [0.1, 0.15) is 6.92 Å². The number of hydrogen-bond acceptors (Lipinski definition) is 3. The van der Waals surface area contributed by atoms with Gasteiger partial charge in [0.15, 0.2) is 5.88 Å². The zero-order valence-corrected chi connectivity index (χ0v) is 14.1. The number of benzene rings is 2. The fraction of sp³-hybridized carbons (Fsp3) is 0.118. The number of H-pyrrole nitrogens is 1. The largest absolute Gasteiger partial charge is 0.522 e. The van der Waals surface area contributed by atoms with E-state index in [1.807, 2.05) is 36.4 Å². The molecule has 1 heterocycles. The van der Waals surface area contributed by atoms with E-state index in [4.69, 9.17) is 4.43 Å². The molecule has 0 fully saturated rings. The first kappa shape index (κ1) is 14.8. The lowest BCUT2D eigenvalue weighted by Crippen LogP contribution is -2.62. The summed E-state index contributed by atoms with van der Waals surface area (Å²) in [6.45, 7) is 2.15. The van der Waals surface area contributed by atoms with Crippen molar-refractivity contribution in [1.29, 1.82) is 0 Å². The minimum atomic E-state index is -2.41. The summed E-state index contributed by atoms with van der Waals surface area (Å²) in [5.74, 6) is 0.566. The van der Waals surface area contributed by atoms with Crippen molar-refractivity contribution < 1.29 is 4.43 Å². The van der Waals surface area contributed by atoms with E-state index in [9.17, 15) is 4.79 Å². The van der Waals surface area contributed by atoms with Gasteiger partial charge >= 0.3 is 13.2 Å². The predicted molar refractivity (Wildman–Crippen MR) is 94.0 cm³/mol. The molecule has 2 aromatic carbocycles. The topological polar surface area (TPSA) is 42.1 Å². The van der Waals surface area contributed by atoms with Crippen molar-refractivity contribution in [2.75, 3.05) is 0 Å². The number of nitrogens with one attached hydrogen (secondary N) is 1. The van der Waals surface area contributed by atoms with Crippen LogP contribution in [0.2, 0.25) is 6.04 Å². The summed E-state index contributed by atoms with van der Waals surface area (Å²) in [5, 5.41) is 4.16. The molecule has 0 aliphatic rings. The maximum absolute atomic E-state index is 11.4. The monoisotopic (exact) mass is 327 g/mol. The quantitative estimate of drug-likeness (QED) is 0.732. The van der Waals surface area contributed by atoms with E-state index < -0.39 is 8.32 Å². The Morgan fingerprint density at radius 1 is 1.00 bits per heavy atom. The third-order valence-corrected chi connectivity index (χ3v) is 8.50. The summed E-state index contributed by atoms with van der Waals surface area (Å²) in [4.78, 5) is 14.1. The van der Waals surface area contributed by atoms with E-state index in [1.54, 1.807) is 5.38 Å². The number of aromatic amines is 1. The molecule has 0 unspecified atom stereocenters. The molecule has 0 aliphatic carbocycles. The van der Waals surface area contributed by atoms with E-state index >= 15 is 0 Å². The Labute approximate surface area is 134 Å². The van der Waals surface area contributed by atoms with Crippen molar-refractivity contribution in [1.82, 2.24) is 4.98 Å². The summed E-state index contributed by atoms with van der Waals surface area (Å²) in [7, 11) is -2.41. The Bertz CT molecular complexity index is 743. The van der Waals surface area contributed by atoms with Crippen LogP contribution in [0, 0.1) is 0 Å². The minimum Gasteiger partial charge on any atom is -0.522 e. The lowest BCUT2D eigenvalue weighted by molar-refractivity contribution is 0.542. The molecule has 0 saturated heterocycles. The molecule has 5 heteroatoms. The van der Waals surface area contributed by atoms with Gasteiger partial charge in [-0.3, -0.25) is 9.78 Å². The number of thiazole rings is 1. The molecule has 0 saturated carbocycles. The van der Waals surface area contributed by atoms with Gasteiger partial charge in [-0.1, -0.05) is 78.9 Å². The van der Waals surface area contributed by atoms with Gasteiger partial charge in [0.2, 0.25) is 0 Å². The molecule has 112 valence electrons. The van der Waals surface area contributed by atoms with Crippen LogP contribution in [0.25, 0.3) is 0 Å². The van der Waals surface area contributed by atoms with Crippen LogP contribution < -0.4 is 19.7 Å². The van der Waals surface area contributed by atoms with Gasteiger partial charge in [-0.25, -0.2) is 0 Å². The third kappa shape index (κ3) is 2.77. The Hall–Kier alpha value is -2.11. The molecule has 3 aromatic rings. The number of aromatic nitrogens is 1. The van der Waals surface area contributed by atoms with E-state index in [1.165, 1.54) is 10.4 Å². The molecule has 1 aromatic heterocycles. The minimum absolute atomic E-state index is 0.0878. The highest BCUT2D eigenvalue weighted by atomic mass is 32.1. The highest BCUT2D eigenvalue weighted by Crippen LogP contribution is 2.17. The van der Waals surface area contributed by atoms with Gasteiger partial charge in [-0.15, -0.1) is 0 Å². The lowest BCUT2D eigenvalue weighted by atomic mass is 10.4. The van der Waals surface area contributed by atoms with Gasteiger partial charge in [-0.05, 0) is 16.4 Å². The van der Waals surface area contributed by atoms with Gasteiger partial charge in [0.25, 0.3) is 0 Å². The van der Waals surface area contributed by atoms with Gasteiger partial charge in [0.1, 0.15) is 0 Å². The Balaban J connectivity index is 2.14.